The Bertz CT molecular complexity index is 1190. The fourth-order valence-electron chi connectivity index (χ4n) is 4.13. The van der Waals surface area contributed by atoms with Gasteiger partial charge < -0.3 is 9.64 Å². The first-order chi connectivity index (χ1) is 15.9. The van der Waals surface area contributed by atoms with Crippen molar-refractivity contribution < 1.29 is 17.5 Å². The average molecular weight is 470 g/mol. The lowest BCUT2D eigenvalue weighted by atomic mass is 10.0. The van der Waals surface area contributed by atoms with Gasteiger partial charge >= 0.3 is 0 Å². The number of methoxy groups -OCH3 is 1. The second-order valence-electron chi connectivity index (χ2n) is 8.06. The molecular formula is C25H28FN3O3S. The zero-order chi connectivity index (χ0) is 23.4. The molecule has 0 aliphatic carbocycles. The van der Waals surface area contributed by atoms with E-state index in [2.05, 4.69) is 20.9 Å². The maximum Gasteiger partial charge on any atom is 0.181 e. The van der Waals surface area contributed by atoms with E-state index >= 15 is 0 Å². The van der Waals surface area contributed by atoms with Crippen molar-refractivity contribution in [2.75, 3.05) is 43.9 Å². The van der Waals surface area contributed by atoms with Gasteiger partial charge in [0.05, 0.1) is 12.9 Å². The average Bonchev–Trinajstić information content (AvgIpc) is 2.85. The Morgan fingerprint density at radius 3 is 2.39 bits per heavy atom. The third kappa shape index (κ3) is 5.17. The van der Waals surface area contributed by atoms with E-state index < -0.39 is 9.84 Å². The Morgan fingerprint density at radius 1 is 1.06 bits per heavy atom. The molecule has 0 spiro atoms. The van der Waals surface area contributed by atoms with Crippen LogP contribution in [-0.2, 0) is 16.4 Å². The molecule has 3 aromatic rings. The normalized spacial score (nSPS) is 14.9. The molecule has 0 bridgehead atoms. The minimum atomic E-state index is -3.54. The monoisotopic (exact) mass is 469 g/mol. The molecular weight excluding hydrogens is 441 g/mol. The van der Waals surface area contributed by atoms with E-state index in [1.54, 1.807) is 31.3 Å². The van der Waals surface area contributed by atoms with Crippen LogP contribution in [0.25, 0.3) is 11.1 Å². The van der Waals surface area contributed by atoms with Crippen LogP contribution < -0.4 is 9.64 Å². The maximum atomic E-state index is 13.5. The molecule has 2 aromatic carbocycles. The summed E-state index contributed by atoms with van der Waals surface area (Å²) in [5, 5.41) is 0. The third-order valence-corrected chi connectivity index (χ3v) is 7.71. The largest absolute Gasteiger partial charge is 0.495 e. The van der Waals surface area contributed by atoms with Gasteiger partial charge in [-0.2, -0.15) is 0 Å². The highest BCUT2D eigenvalue weighted by molar-refractivity contribution is 7.91. The summed E-state index contributed by atoms with van der Waals surface area (Å²) in [4.78, 5) is 8.91. The molecule has 6 nitrogen and oxygen atoms in total. The minimum absolute atomic E-state index is 0.0332. The van der Waals surface area contributed by atoms with Gasteiger partial charge in [-0.1, -0.05) is 25.1 Å². The summed E-state index contributed by atoms with van der Waals surface area (Å²) in [5.41, 5.74) is 3.34. The van der Waals surface area contributed by atoms with Crippen molar-refractivity contribution in [3.05, 3.63) is 72.3 Å². The number of anilines is 1. The number of rotatable bonds is 7. The molecule has 0 atom stereocenters. The molecule has 0 unspecified atom stereocenters. The van der Waals surface area contributed by atoms with Gasteiger partial charge in [0.25, 0.3) is 0 Å². The molecule has 0 saturated carbocycles. The first-order valence-corrected chi connectivity index (χ1v) is 12.6. The number of nitrogens with zero attached hydrogens (tertiary/aromatic N) is 3. The lowest BCUT2D eigenvalue weighted by Crippen LogP contribution is -2.46. The van der Waals surface area contributed by atoms with Crippen LogP contribution in [0.4, 0.5) is 10.1 Å². The number of aromatic nitrogens is 1. The molecule has 1 aliphatic rings. The van der Waals surface area contributed by atoms with Crippen LogP contribution >= 0.6 is 0 Å². The molecule has 0 radical (unpaired) electrons. The lowest BCUT2D eigenvalue weighted by molar-refractivity contribution is 0.249. The quantitative estimate of drug-likeness (QED) is 0.521. The van der Waals surface area contributed by atoms with E-state index in [1.807, 2.05) is 18.3 Å². The summed E-state index contributed by atoms with van der Waals surface area (Å²) < 4.78 is 45.0. The van der Waals surface area contributed by atoms with Crippen molar-refractivity contribution in [3.8, 4) is 16.9 Å². The van der Waals surface area contributed by atoms with Crippen LogP contribution in [-0.4, -0.2) is 57.3 Å². The van der Waals surface area contributed by atoms with Gasteiger partial charge in [-0.05, 0) is 41.5 Å². The minimum Gasteiger partial charge on any atom is -0.495 e. The number of piperazine rings is 1. The van der Waals surface area contributed by atoms with Crippen molar-refractivity contribution in [1.29, 1.82) is 0 Å². The molecule has 0 amide bonds. The topological polar surface area (TPSA) is 62.7 Å². The number of benzene rings is 2. The lowest BCUT2D eigenvalue weighted by Gasteiger charge is -2.36. The number of halogens is 1. The first-order valence-electron chi connectivity index (χ1n) is 11.0. The predicted octanol–water partition coefficient (Wildman–Crippen LogP) is 4.01. The highest BCUT2D eigenvalue weighted by Crippen LogP contribution is 2.40. The molecule has 0 N–H and O–H groups in total. The third-order valence-electron chi connectivity index (χ3n) is 5.98. The predicted molar refractivity (Wildman–Crippen MR) is 128 cm³/mol. The van der Waals surface area contributed by atoms with Crippen molar-refractivity contribution in [2.45, 2.75) is 18.4 Å². The van der Waals surface area contributed by atoms with E-state index in [9.17, 15) is 12.8 Å². The van der Waals surface area contributed by atoms with E-state index in [0.29, 0.717) is 16.9 Å². The van der Waals surface area contributed by atoms with E-state index in [0.717, 1.165) is 38.4 Å². The smallest absolute Gasteiger partial charge is 0.181 e. The van der Waals surface area contributed by atoms with Crippen molar-refractivity contribution >= 4 is 15.5 Å². The Kier molecular flexibility index (Phi) is 6.95. The van der Waals surface area contributed by atoms with Crippen molar-refractivity contribution in [3.63, 3.8) is 0 Å². The van der Waals surface area contributed by atoms with Crippen LogP contribution in [0, 0.1) is 5.82 Å². The van der Waals surface area contributed by atoms with Crippen LogP contribution in [0.3, 0.4) is 0 Å². The summed E-state index contributed by atoms with van der Waals surface area (Å²) in [6.07, 6.45) is 3.65. The van der Waals surface area contributed by atoms with E-state index in [-0.39, 0.29) is 16.5 Å². The fraction of sp³-hybridized carbons (Fsp3) is 0.320. The standard InChI is InChI=1S/C25H28FN3O3S/c1-3-33(30,31)24-16-22(15-23(25(24)32-2)20-6-8-21(26)9-7-20)29-13-11-28(12-14-29)18-19-5-4-10-27-17-19/h4-10,15-17H,3,11-14,18H2,1-2H3. The molecule has 8 heteroatoms. The van der Waals surface area contributed by atoms with Gasteiger partial charge in [-0.25, -0.2) is 12.8 Å². The summed E-state index contributed by atoms with van der Waals surface area (Å²) in [6.45, 7) is 5.68. The van der Waals surface area contributed by atoms with Crippen LogP contribution in [0.2, 0.25) is 0 Å². The molecule has 174 valence electrons. The summed E-state index contributed by atoms with van der Waals surface area (Å²) in [6, 6.07) is 13.7. The van der Waals surface area contributed by atoms with Gasteiger partial charge in [0.1, 0.15) is 16.5 Å². The van der Waals surface area contributed by atoms with Crippen LogP contribution in [0.5, 0.6) is 5.75 Å². The Hall–Kier alpha value is -2.97. The van der Waals surface area contributed by atoms with Gasteiger partial charge in [-0.3, -0.25) is 9.88 Å². The highest BCUT2D eigenvalue weighted by Gasteiger charge is 2.26. The number of hydrogen-bond donors (Lipinski definition) is 0. The van der Waals surface area contributed by atoms with E-state index in [4.69, 9.17) is 4.74 Å². The summed E-state index contributed by atoms with van der Waals surface area (Å²) >= 11 is 0. The zero-order valence-electron chi connectivity index (χ0n) is 18.9. The van der Waals surface area contributed by atoms with Gasteiger partial charge in [-0.15, -0.1) is 0 Å². The van der Waals surface area contributed by atoms with Gasteiger partial charge in [0.15, 0.2) is 9.84 Å². The number of ether oxygens (including phenoxy) is 1. The molecule has 1 aliphatic heterocycles. The fourth-order valence-corrected chi connectivity index (χ4v) is 5.21. The molecule has 33 heavy (non-hydrogen) atoms. The van der Waals surface area contributed by atoms with Gasteiger partial charge in [0, 0.05) is 56.4 Å². The van der Waals surface area contributed by atoms with Crippen LogP contribution in [0.15, 0.2) is 65.8 Å². The van der Waals surface area contributed by atoms with Gasteiger partial charge in [0.2, 0.25) is 0 Å². The Labute approximate surface area is 194 Å². The van der Waals surface area contributed by atoms with Crippen molar-refractivity contribution in [2.24, 2.45) is 0 Å². The summed E-state index contributed by atoms with van der Waals surface area (Å²) in [7, 11) is -2.07. The number of sulfone groups is 1. The molecule has 4 rings (SSSR count). The molecule has 1 fully saturated rings. The van der Waals surface area contributed by atoms with Crippen LogP contribution in [0.1, 0.15) is 12.5 Å². The Balaban J connectivity index is 1.66. The number of pyridine rings is 1. The van der Waals surface area contributed by atoms with Crippen molar-refractivity contribution in [1.82, 2.24) is 9.88 Å². The molecule has 1 saturated heterocycles. The molecule has 1 aromatic heterocycles. The number of hydrogen-bond acceptors (Lipinski definition) is 6. The second kappa shape index (κ2) is 9.89. The maximum absolute atomic E-state index is 13.5. The highest BCUT2D eigenvalue weighted by atomic mass is 32.2. The van der Waals surface area contributed by atoms with E-state index in [1.165, 1.54) is 24.8 Å². The second-order valence-corrected chi connectivity index (χ2v) is 10.3. The SMILES string of the molecule is CCS(=O)(=O)c1cc(N2CCN(Cc3cccnc3)CC2)cc(-c2ccc(F)cc2)c1OC. The molecule has 2 heterocycles. The zero-order valence-corrected chi connectivity index (χ0v) is 19.7. The first kappa shape index (κ1) is 23.2. The summed E-state index contributed by atoms with van der Waals surface area (Å²) in [5.74, 6) is -0.0865. The Morgan fingerprint density at radius 2 is 1.79 bits per heavy atom.